The molecule has 1 aliphatic rings. The summed E-state index contributed by atoms with van der Waals surface area (Å²) in [5, 5.41) is 9.23. The van der Waals surface area contributed by atoms with Gasteiger partial charge in [0.1, 0.15) is 5.75 Å². The van der Waals surface area contributed by atoms with E-state index in [1.165, 1.54) is 11.1 Å². The molecular weight excluding hydrogens is 264 g/mol. The van der Waals surface area contributed by atoms with Crippen LogP contribution in [0.1, 0.15) is 63.6 Å². The second-order valence-corrected chi connectivity index (χ2v) is 7.18. The first-order valence-corrected chi connectivity index (χ1v) is 7.67. The van der Waals surface area contributed by atoms with E-state index in [1.807, 2.05) is 0 Å². The van der Waals surface area contributed by atoms with Crippen LogP contribution in [0.5, 0.6) is 5.75 Å². The molecule has 1 fully saturated rings. The van der Waals surface area contributed by atoms with Crippen molar-refractivity contribution in [1.29, 1.82) is 0 Å². The summed E-state index contributed by atoms with van der Waals surface area (Å²) in [5.74, 6) is 0.159. The standard InChI is InChI=1S/C18H26O3/c1-6-12-9-13(17(2,3)4)16(21-5)14(10-12)18(7-8-18)11-15(19)20/h9-10H,6-8,11H2,1-5H3,(H,19,20). The van der Waals surface area contributed by atoms with Crippen molar-refractivity contribution >= 4 is 5.97 Å². The average Bonchev–Trinajstić information content (AvgIpc) is 3.15. The molecule has 0 heterocycles. The molecule has 1 aliphatic carbocycles. The molecule has 0 unspecified atom stereocenters. The smallest absolute Gasteiger partial charge is 0.304 e. The fraction of sp³-hybridized carbons (Fsp3) is 0.611. The third kappa shape index (κ3) is 3.07. The Bertz CT molecular complexity index is 548. The quantitative estimate of drug-likeness (QED) is 0.889. The number of aliphatic carboxylic acids is 1. The number of hydrogen-bond donors (Lipinski definition) is 1. The zero-order valence-corrected chi connectivity index (χ0v) is 13.7. The van der Waals surface area contributed by atoms with E-state index in [2.05, 4.69) is 39.8 Å². The zero-order chi connectivity index (χ0) is 15.8. The van der Waals surface area contributed by atoms with Gasteiger partial charge in [-0.2, -0.15) is 0 Å². The summed E-state index contributed by atoms with van der Waals surface area (Å²) in [4.78, 5) is 11.2. The number of methoxy groups -OCH3 is 1. The molecule has 0 bridgehead atoms. The van der Waals surface area contributed by atoms with E-state index in [1.54, 1.807) is 7.11 Å². The molecule has 1 N–H and O–H groups in total. The first kappa shape index (κ1) is 15.9. The number of hydrogen-bond acceptors (Lipinski definition) is 2. The van der Waals surface area contributed by atoms with Crippen LogP contribution in [-0.4, -0.2) is 18.2 Å². The Hall–Kier alpha value is -1.51. The Morgan fingerprint density at radius 1 is 1.33 bits per heavy atom. The van der Waals surface area contributed by atoms with Crippen LogP contribution in [-0.2, 0) is 22.0 Å². The minimum Gasteiger partial charge on any atom is -0.496 e. The highest BCUT2D eigenvalue weighted by molar-refractivity contribution is 5.71. The van der Waals surface area contributed by atoms with Gasteiger partial charge in [0.05, 0.1) is 13.5 Å². The van der Waals surface area contributed by atoms with Crippen LogP contribution in [0, 0.1) is 0 Å². The van der Waals surface area contributed by atoms with Gasteiger partial charge in [0.15, 0.2) is 0 Å². The lowest BCUT2D eigenvalue weighted by Crippen LogP contribution is -2.19. The van der Waals surface area contributed by atoms with E-state index in [0.29, 0.717) is 0 Å². The minimum absolute atomic E-state index is 0.0232. The SMILES string of the molecule is CCc1cc(C(C)(C)C)c(OC)c(C2(CC(=O)O)CC2)c1. The summed E-state index contributed by atoms with van der Waals surface area (Å²) in [6.45, 7) is 8.65. The highest BCUT2D eigenvalue weighted by atomic mass is 16.5. The second-order valence-electron chi connectivity index (χ2n) is 7.18. The van der Waals surface area contributed by atoms with Crippen LogP contribution in [0.3, 0.4) is 0 Å². The van der Waals surface area contributed by atoms with Crippen LogP contribution < -0.4 is 4.74 Å². The predicted molar refractivity (Wildman–Crippen MR) is 84.2 cm³/mol. The maximum absolute atomic E-state index is 11.2. The van der Waals surface area contributed by atoms with Gasteiger partial charge in [0.2, 0.25) is 0 Å². The largest absolute Gasteiger partial charge is 0.496 e. The lowest BCUT2D eigenvalue weighted by molar-refractivity contribution is -0.137. The molecule has 0 amide bonds. The van der Waals surface area contributed by atoms with Crippen molar-refractivity contribution in [1.82, 2.24) is 0 Å². The van der Waals surface area contributed by atoms with E-state index in [4.69, 9.17) is 4.74 Å². The summed E-state index contributed by atoms with van der Waals surface area (Å²) >= 11 is 0. The van der Waals surface area contributed by atoms with Crippen molar-refractivity contribution in [3.8, 4) is 5.75 Å². The van der Waals surface area contributed by atoms with Gasteiger partial charge in [-0.3, -0.25) is 4.79 Å². The van der Waals surface area contributed by atoms with Crippen molar-refractivity contribution in [3.05, 3.63) is 28.8 Å². The van der Waals surface area contributed by atoms with Gasteiger partial charge in [-0.25, -0.2) is 0 Å². The van der Waals surface area contributed by atoms with Crippen LogP contribution in [0.4, 0.5) is 0 Å². The number of carboxylic acids is 1. The van der Waals surface area contributed by atoms with Gasteiger partial charge >= 0.3 is 5.97 Å². The lowest BCUT2D eigenvalue weighted by atomic mass is 9.80. The van der Waals surface area contributed by atoms with Gasteiger partial charge in [-0.05, 0) is 30.2 Å². The monoisotopic (exact) mass is 290 g/mol. The summed E-state index contributed by atoms with van der Waals surface area (Å²) < 4.78 is 5.72. The van der Waals surface area contributed by atoms with Gasteiger partial charge in [-0.1, -0.05) is 39.8 Å². The minimum atomic E-state index is -0.728. The molecule has 1 aromatic carbocycles. The molecule has 3 heteroatoms. The van der Waals surface area contributed by atoms with Gasteiger partial charge < -0.3 is 9.84 Å². The highest BCUT2D eigenvalue weighted by Gasteiger charge is 2.48. The molecule has 1 aromatic rings. The van der Waals surface area contributed by atoms with Crippen LogP contribution in [0.2, 0.25) is 0 Å². The molecule has 0 aromatic heterocycles. The van der Waals surface area contributed by atoms with Gasteiger partial charge in [0.25, 0.3) is 0 Å². The van der Waals surface area contributed by atoms with Crippen molar-refractivity contribution < 1.29 is 14.6 Å². The number of rotatable bonds is 5. The van der Waals surface area contributed by atoms with Crippen molar-refractivity contribution in [2.45, 2.75) is 64.2 Å². The third-order valence-electron chi connectivity index (χ3n) is 4.48. The van der Waals surface area contributed by atoms with Crippen LogP contribution in [0.15, 0.2) is 12.1 Å². The van der Waals surface area contributed by atoms with Crippen LogP contribution >= 0.6 is 0 Å². The summed E-state index contributed by atoms with van der Waals surface area (Å²) in [6.07, 6.45) is 3.02. The molecule has 1 saturated carbocycles. The number of benzene rings is 1. The van der Waals surface area contributed by atoms with E-state index >= 15 is 0 Å². The number of carbonyl (C=O) groups is 1. The average molecular weight is 290 g/mol. The van der Waals surface area contributed by atoms with E-state index in [9.17, 15) is 9.90 Å². The third-order valence-corrected chi connectivity index (χ3v) is 4.48. The maximum atomic E-state index is 11.2. The summed E-state index contributed by atoms with van der Waals surface area (Å²) in [7, 11) is 1.69. The Kier molecular flexibility index (Phi) is 4.05. The molecule has 0 aliphatic heterocycles. The maximum Gasteiger partial charge on any atom is 0.304 e. The van der Waals surface area contributed by atoms with Crippen molar-refractivity contribution in [3.63, 3.8) is 0 Å². The highest BCUT2D eigenvalue weighted by Crippen LogP contribution is 2.55. The Labute approximate surface area is 127 Å². The Morgan fingerprint density at radius 2 is 1.95 bits per heavy atom. The molecule has 0 atom stereocenters. The topological polar surface area (TPSA) is 46.5 Å². The van der Waals surface area contributed by atoms with E-state index in [0.717, 1.165) is 30.6 Å². The first-order valence-electron chi connectivity index (χ1n) is 7.67. The number of ether oxygens (including phenoxy) is 1. The Morgan fingerprint density at radius 3 is 2.33 bits per heavy atom. The predicted octanol–water partition coefficient (Wildman–Crippen LogP) is 4.06. The van der Waals surface area contributed by atoms with E-state index in [-0.39, 0.29) is 17.3 Å². The van der Waals surface area contributed by atoms with Crippen LogP contribution in [0.25, 0.3) is 0 Å². The second kappa shape index (κ2) is 5.36. The molecule has 116 valence electrons. The molecular formula is C18H26O3. The van der Waals surface area contributed by atoms with E-state index < -0.39 is 5.97 Å². The fourth-order valence-electron chi connectivity index (χ4n) is 3.05. The number of carboxylic acid groups (broad SMARTS) is 1. The zero-order valence-electron chi connectivity index (χ0n) is 13.7. The van der Waals surface area contributed by atoms with Gasteiger partial charge in [0, 0.05) is 16.5 Å². The fourth-order valence-corrected chi connectivity index (χ4v) is 3.05. The molecule has 2 rings (SSSR count). The lowest BCUT2D eigenvalue weighted by Gasteiger charge is -2.27. The summed E-state index contributed by atoms with van der Waals surface area (Å²) in [5.41, 5.74) is 3.28. The normalized spacial score (nSPS) is 16.6. The molecule has 0 radical (unpaired) electrons. The Balaban J connectivity index is 2.62. The number of aryl methyl sites for hydroxylation is 1. The summed E-state index contributed by atoms with van der Waals surface area (Å²) in [6, 6.07) is 4.36. The van der Waals surface area contributed by atoms with Crippen molar-refractivity contribution in [2.24, 2.45) is 0 Å². The molecule has 0 saturated heterocycles. The molecule has 21 heavy (non-hydrogen) atoms. The molecule has 0 spiro atoms. The van der Waals surface area contributed by atoms with Crippen molar-refractivity contribution in [2.75, 3.05) is 7.11 Å². The molecule has 3 nitrogen and oxygen atoms in total. The first-order chi connectivity index (χ1) is 9.73. The van der Waals surface area contributed by atoms with Gasteiger partial charge in [-0.15, -0.1) is 0 Å².